The van der Waals surface area contributed by atoms with Gasteiger partial charge in [-0.25, -0.2) is 4.68 Å². The third-order valence-electron chi connectivity index (χ3n) is 5.13. The molecule has 8 heteroatoms. The van der Waals surface area contributed by atoms with Gasteiger partial charge in [0.05, 0.1) is 22.0 Å². The number of aryl methyl sites for hydroxylation is 3. The highest BCUT2D eigenvalue weighted by atomic mass is 16.6. The lowest BCUT2D eigenvalue weighted by Gasteiger charge is -2.05. The van der Waals surface area contributed by atoms with Crippen LogP contribution in [0.2, 0.25) is 0 Å². The Morgan fingerprint density at radius 2 is 1.47 bits per heavy atom. The second-order valence-corrected chi connectivity index (χ2v) is 7.56. The molecule has 0 unspecified atom stereocenters. The molecule has 0 aliphatic heterocycles. The van der Waals surface area contributed by atoms with Gasteiger partial charge in [-0.15, -0.1) is 10.2 Å². The fourth-order valence-electron chi connectivity index (χ4n) is 3.66. The van der Waals surface area contributed by atoms with Gasteiger partial charge in [0.25, 0.3) is 11.2 Å². The molecule has 1 aromatic heterocycles. The van der Waals surface area contributed by atoms with E-state index in [0.717, 1.165) is 16.7 Å². The van der Waals surface area contributed by atoms with Crippen molar-refractivity contribution < 1.29 is 4.92 Å². The first kappa shape index (κ1) is 20.9. The molecule has 1 heterocycles. The summed E-state index contributed by atoms with van der Waals surface area (Å²) in [5.41, 5.74) is 5.14. The molecule has 4 aromatic rings. The molecule has 0 spiro atoms. The molecule has 160 valence electrons. The SMILES string of the molecule is Cc1cc(C)c(N=Nc2c(-c3ccc([N+](=O)[O-])cc3)[nH]n(-c3ccccc3)c2=O)c(C)c1. The van der Waals surface area contributed by atoms with E-state index >= 15 is 0 Å². The van der Waals surface area contributed by atoms with Crippen LogP contribution < -0.4 is 5.56 Å². The molecular formula is C24H21N5O3. The maximum atomic E-state index is 13.3. The Hall–Kier alpha value is -4.33. The van der Waals surface area contributed by atoms with E-state index in [9.17, 15) is 14.9 Å². The summed E-state index contributed by atoms with van der Waals surface area (Å²) in [5, 5.41) is 22.8. The standard InChI is InChI=1S/C24H21N5O3/c1-15-13-16(2)21(17(3)14-15)25-26-23-22(18-9-11-20(12-10-18)29(31)32)27-28(24(23)30)19-7-5-4-6-8-19/h4-14,27H,1-3H3. The number of non-ortho nitro benzene ring substituents is 1. The second kappa shape index (κ2) is 8.43. The molecule has 0 fully saturated rings. The second-order valence-electron chi connectivity index (χ2n) is 7.56. The number of H-pyrrole nitrogens is 1. The number of rotatable bonds is 5. The van der Waals surface area contributed by atoms with Crippen molar-refractivity contribution in [2.75, 3.05) is 0 Å². The summed E-state index contributed by atoms with van der Waals surface area (Å²) in [5.74, 6) is 0. The van der Waals surface area contributed by atoms with Gasteiger partial charge in [-0.3, -0.25) is 20.0 Å². The van der Waals surface area contributed by atoms with Crippen molar-refractivity contribution >= 4 is 17.1 Å². The molecule has 0 atom stereocenters. The van der Waals surface area contributed by atoms with Crippen molar-refractivity contribution in [3.63, 3.8) is 0 Å². The van der Waals surface area contributed by atoms with Crippen LogP contribution in [-0.2, 0) is 0 Å². The Bertz CT molecular complexity index is 1360. The van der Waals surface area contributed by atoms with Gasteiger partial charge in [0.15, 0.2) is 5.69 Å². The number of nitro groups is 1. The predicted octanol–water partition coefficient (Wildman–Crippen LogP) is 6.08. The first-order valence-electron chi connectivity index (χ1n) is 10.00. The molecule has 0 aliphatic carbocycles. The Labute approximate surface area is 184 Å². The summed E-state index contributed by atoms with van der Waals surface area (Å²) in [6.07, 6.45) is 0. The molecule has 0 radical (unpaired) electrons. The average Bonchev–Trinajstić information content (AvgIpc) is 3.10. The highest BCUT2D eigenvalue weighted by Gasteiger charge is 2.18. The maximum Gasteiger partial charge on any atom is 0.299 e. The Morgan fingerprint density at radius 3 is 2.06 bits per heavy atom. The first-order chi connectivity index (χ1) is 15.3. The number of benzene rings is 3. The monoisotopic (exact) mass is 427 g/mol. The van der Waals surface area contributed by atoms with Gasteiger partial charge in [0, 0.05) is 17.7 Å². The number of aromatic amines is 1. The maximum absolute atomic E-state index is 13.3. The summed E-state index contributed by atoms with van der Waals surface area (Å²) in [7, 11) is 0. The molecule has 0 bridgehead atoms. The Balaban J connectivity index is 1.88. The van der Waals surface area contributed by atoms with Crippen LogP contribution in [0.15, 0.2) is 81.8 Å². The lowest BCUT2D eigenvalue weighted by atomic mass is 10.1. The lowest BCUT2D eigenvalue weighted by Crippen LogP contribution is -2.13. The third-order valence-corrected chi connectivity index (χ3v) is 5.13. The van der Waals surface area contributed by atoms with E-state index in [0.29, 0.717) is 22.6 Å². The molecule has 4 rings (SSSR count). The predicted molar refractivity (Wildman–Crippen MR) is 123 cm³/mol. The van der Waals surface area contributed by atoms with E-state index in [1.807, 2.05) is 51.1 Å². The molecular weight excluding hydrogens is 406 g/mol. The number of aromatic nitrogens is 2. The van der Waals surface area contributed by atoms with Crippen molar-refractivity contribution in [3.8, 4) is 16.9 Å². The Kier molecular flexibility index (Phi) is 5.51. The quantitative estimate of drug-likeness (QED) is 0.237. The largest absolute Gasteiger partial charge is 0.299 e. The number of nitro benzene ring substituents is 1. The van der Waals surface area contributed by atoms with Crippen LogP contribution in [-0.4, -0.2) is 14.7 Å². The molecule has 0 amide bonds. The number of hydrogen-bond acceptors (Lipinski definition) is 5. The van der Waals surface area contributed by atoms with E-state index in [1.165, 1.54) is 16.8 Å². The zero-order valence-corrected chi connectivity index (χ0v) is 17.9. The zero-order valence-electron chi connectivity index (χ0n) is 17.9. The summed E-state index contributed by atoms with van der Waals surface area (Å²) in [6, 6.07) is 19.1. The highest BCUT2D eigenvalue weighted by molar-refractivity contribution is 5.72. The molecule has 0 aliphatic rings. The smallest absolute Gasteiger partial charge is 0.288 e. The van der Waals surface area contributed by atoms with E-state index < -0.39 is 4.92 Å². The number of azo groups is 1. The Morgan fingerprint density at radius 1 is 0.875 bits per heavy atom. The van der Waals surface area contributed by atoms with Crippen molar-refractivity contribution in [2.24, 2.45) is 10.2 Å². The van der Waals surface area contributed by atoms with Gasteiger partial charge in [0.2, 0.25) is 0 Å². The fourth-order valence-corrected chi connectivity index (χ4v) is 3.66. The minimum absolute atomic E-state index is 0.0346. The number of nitrogens with one attached hydrogen (secondary N) is 1. The van der Waals surface area contributed by atoms with Crippen molar-refractivity contribution in [3.05, 3.63) is 104 Å². The van der Waals surface area contributed by atoms with Crippen molar-refractivity contribution in [1.29, 1.82) is 0 Å². The fraction of sp³-hybridized carbons (Fsp3) is 0.125. The molecule has 0 saturated carbocycles. The van der Waals surface area contributed by atoms with Crippen LogP contribution in [0.4, 0.5) is 17.1 Å². The average molecular weight is 427 g/mol. The van der Waals surface area contributed by atoms with Gasteiger partial charge in [-0.2, -0.15) is 0 Å². The molecule has 8 nitrogen and oxygen atoms in total. The normalized spacial score (nSPS) is 11.2. The highest BCUT2D eigenvalue weighted by Crippen LogP contribution is 2.31. The summed E-state index contributed by atoms with van der Waals surface area (Å²) < 4.78 is 1.39. The van der Waals surface area contributed by atoms with Crippen molar-refractivity contribution in [1.82, 2.24) is 9.78 Å². The van der Waals surface area contributed by atoms with Crippen LogP contribution in [0.5, 0.6) is 0 Å². The first-order valence-corrected chi connectivity index (χ1v) is 10.00. The molecule has 32 heavy (non-hydrogen) atoms. The van der Waals surface area contributed by atoms with Crippen molar-refractivity contribution in [2.45, 2.75) is 20.8 Å². The summed E-state index contributed by atoms with van der Waals surface area (Å²) in [4.78, 5) is 23.8. The van der Waals surface area contributed by atoms with E-state index in [2.05, 4.69) is 15.3 Å². The number of nitrogens with zero attached hydrogens (tertiary/aromatic N) is 4. The van der Waals surface area contributed by atoms with Crippen LogP contribution in [0.25, 0.3) is 16.9 Å². The van der Waals surface area contributed by atoms with E-state index in [1.54, 1.807) is 24.3 Å². The summed E-state index contributed by atoms with van der Waals surface area (Å²) >= 11 is 0. The van der Waals surface area contributed by atoms with Gasteiger partial charge < -0.3 is 0 Å². The van der Waals surface area contributed by atoms with Crippen LogP contribution in [0, 0.1) is 30.9 Å². The van der Waals surface area contributed by atoms with Crippen LogP contribution in [0.3, 0.4) is 0 Å². The topological polar surface area (TPSA) is 106 Å². The molecule has 1 N–H and O–H groups in total. The van der Waals surface area contributed by atoms with E-state index in [4.69, 9.17) is 0 Å². The van der Waals surface area contributed by atoms with Gasteiger partial charge >= 0.3 is 0 Å². The van der Waals surface area contributed by atoms with Gasteiger partial charge in [-0.05, 0) is 56.2 Å². The third kappa shape index (κ3) is 3.98. The zero-order chi connectivity index (χ0) is 22.8. The van der Waals surface area contributed by atoms with Crippen LogP contribution >= 0.6 is 0 Å². The summed E-state index contributed by atoms with van der Waals surface area (Å²) in [6.45, 7) is 5.91. The van der Waals surface area contributed by atoms with E-state index in [-0.39, 0.29) is 16.9 Å². The minimum atomic E-state index is -0.467. The lowest BCUT2D eigenvalue weighted by molar-refractivity contribution is -0.384. The van der Waals surface area contributed by atoms with Gasteiger partial charge in [-0.1, -0.05) is 35.9 Å². The number of hydrogen-bond donors (Lipinski definition) is 1. The van der Waals surface area contributed by atoms with Gasteiger partial charge in [0.1, 0.15) is 0 Å². The van der Waals surface area contributed by atoms with Crippen LogP contribution in [0.1, 0.15) is 16.7 Å². The molecule has 3 aromatic carbocycles. The minimum Gasteiger partial charge on any atom is -0.288 e. The molecule has 0 saturated heterocycles. The number of para-hydroxylation sites is 1.